The van der Waals surface area contributed by atoms with E-state index in [1.165, 1.54) is 5.56 Å². The van der Waals surface area contributed by atoms with Crippen LogP contribution in [0.5, 0.6) is 5.75 Å². The van der Waals surface area contributed by atoms with Crippen molar-refractivity contribution < 1.29 is 9.53 Å². The van der Waals surface area contributed by atoms with Gasteiger partial charge in [0.1, 0.15) is 11.9 Å². The van der Waals surface area contributed by atoms with E-state index in [4.69, 9.17) is 4.74 Å². The quantitative estimate of drug-likeness (QED) is 0.791. The number of hydrogen-bond acceptors (Lipinski definition) is 2. The van der Waals surface area contributed by atoms with Gasteiger partial charge in [0.25, 0.3) is 5.91 Å². The van der Waals surface area contributed by atoms with Crippen molar-refractivity contribution in [3.8, 4) is 5.75 Å². The summed E-state index contributed by atoms with van der Waals surface area (Å²) in [4.78, 5) is 15.2. The third-order valence-corrected chi connectivity index (χ3v) is 5.20. The highest BCUT2D eigenvalue weighted by atomic mass is 16.5. The van der Waals surface area contributed by atoms with Crippen LogP contribution < -0.4 is 9.64 Å². The third-order valence-electron chi connectivity index (χ3n) is 5.20. The second-order valence-corrected chi connectivity index (χ2v) is 6.69. The molecule has 0 bridgehead atoms. The standard InChI is InChI=1S/C20H21NO2/c1-12-11-15-7-4-5-10-18(15)21(12)20(22)17-9-6-8-16-13(2)14(3)23-19(16)17/h4-10,12-14H,11H2,1-3H3. The van der Waals surface area contributed by atoms with E-state index in [1.54, 1.807) is 0 Å². The highest BCUT2D eigenvalue weighted by molar-refractivity contribution is 6.09. The normalized spacial score (nSPS) is 25.0. The zero-order valence-corrected chi connectivity index (χ0v) is 13.7. The molecule has 1 amide bonds. The monoisotopic (exact) mass is 307 g/mol. The van der Waals surface area contributed by atoms with Crippen LogP contribution in [0.1, 0.15) is 48.2 Å². The first-order valence-electron chi connectivity index (χ1n) is 8.29. The molecule has 3 heteroatoms. The van der Waals surface area contributed by atoms with E-state index in [-0.39, 0.29) is 18.1 Å². The molecule has 0 N–H and O–H groups in total. The maximum atomic E-state index is 13.2. The number of anilines is 1. The number of nitrogens with zero attached hydrogens (tertiary/aromatic N) is 1. The minimum absolute atomic E-state index is 0.0422. The van der Waals surface area contributed by atoms with Crippen molar-refractivity contribution in [2.24, 2.45) is 0 Å². The second kappa shape index (κ2) is 5.12. The molecular formula is C20H21NO2. The summed E-state index contributed by atoms with van der Waals surface area (Å²) in [6, 6.07) is 14.3. The van der Waals surface area contributed by atoms with E-state index in [0.29, 0.717) is 11.5 Å². The first-order valence-corrected chi connectivity index (χ1v) is 8.29. The van der Waals surface area contributed by atoms with Crippen LogP contribution in [-0.2, 0) is 6.42 Å². The molecule has 0 aliphatic carbocycles. The maximum Gasteiger partial charge on any atom is 0.262 e. The van der Waals surface area contributed by atoms with Crippen LogP contribution in [0.2, 0.25) is 0 Å². The summed E-state index contributed by atoms with van der Waals surface area (Å²) < 4.78 is 6.01. The summed E-state index contributed by atoms with van der Waals surface area (Å²) in [5, 5.41) is 0. The molecule has 0 saturated heterocycles. The van der Waals surface area contributed by atoms with Crippen LogP contribution in [0.25, 0.3) is 0 Å². The molecule has 2 aliphatic rings. The maximum absolute atomic E-state index is 13.2. The van der Waals surface area contributed by atoms with Gasteiger partial charge in [0.2, 0.25) is 0 Å². The highest BCUT2D eigenvalue weighted by Crippen LogP contribution is 2.42. The number of para-hydroxylation sites is 2. The predicted octanol–water partition coefficient (Wildman–Crippen LogP) is 4.16. The summed E-state index contributed by atoms with van der Waals surface area (Å²) in [5.74, 6) is 1.13. The van der Waals surface area contributed by atoms with Gasteiger partial charge in [-0.25, -0.2) is 0 Å². The molecule has 23 heavy (non-hydrogen) atoms. The Bertz CT molecular complexity index is 783. The van der Waals surface area contributed by atoms with Crippen molar-refractivity contribution in [1.29, 1.82) is 0 Å². The Morgan fingerprint density at radius 2 is 1.87 bits per heavy atom. The Hall–Kier alpha value is -2.29. The van der Waals surface area contributed by atoms with Gasteiger partial charge in [-0.2, -0.15) is 0 Å². The Morgan fingerprint density at radius 3 is 2.70 bits per heavy atom. The molecule has 3 atom stereocenters. The van der Waals surface area contributed by atoms with E-state index < -0.39 is 0 Å². The van der Waals surface area contributed by atoms with Crippen LogP contribution in [0, 0.1) is 0 Å². The van der Waals surface area contributed by atoms with Gasteiger partial charge in [-0.05, 0) is 38.0 Å². The van der Waals surface area contributed by atoms with Crippen molar-refractivity contribution in [3.63, 3.8) is 0 Å². The average molecular weight is 307 g/mol. The number of ether oxygens (including phenoxy) is 1. The summed E-state index contributed by atoms with van der Waals surface area (Å²) in [7, 11) is 0. The smallest absolute Gasteiger partial charge is 0.262 e. The number of carbonyl (C=O) groups excluding carboxylic acids is 1. The average Bonchev–Trinajstić information content (AvgIpc) is 3.03. The minimum Gasteiger partial charge on any atom is -0.489 e. The number of fused-ring (bicyclic) bond motifs is 2. The van der Waals surface area contributed by atoms with Crippen LogP contribution >= 0.6 is 0 Å². The number of carbonyl (C=O) groups is 1. The van der Waals surface area contributed by atoms with Crippen molar-refractivity contribution in [1.82, 2.24) is 0 Å². The van der Waals surface area contributed by atoms with E-state index in [2.05, 4.69) is 32.9 Å². The number of hydrogen-bond donors (Lipinski definition) is 0. The SMILES string of the molecule is CC1Oc2c(C(=O)N3c4ccccc4CC3C)cccc2C1C. The molecule has 3 nitrogen and oxygen atoms in total. The molecule has 3 unspecified atom stereocenters. The Labute approximate surface area is 136 Å². The lowest BCUT2D eigenvalue weighted by molar-refractivity contribution is 0.0976. The van der Waals surface area contributed by atoms with Gasteiger partial charge in [-0.3, -0.25) is 4.79 Å². The molecular weight excluding hydrogens is 286 g/mol. The topological polar surface area (TPSA) is 29.5 Å². The number of benzene rings is 2. The highest BCUT2D eigenvalue weighted by Gasteiger charge is 2.36. The van der Waals surface area contributed by atoms with Crippen molar-refractivity contribution in [3.05, 3.63) is 59.2 Å². The molecule has 0 spiro atoms. The van der Waals surface area contributed by atoms with Gasteiger partial charge in [0.05, 0.1) is 5.56 Å². The molecule has 2 aromatic rings. The van der Waals surface area contributed by atoms with E-state index in [9.17, 15) is 4.79 Å². The largest absolute Gasteiger partial charge is 0.489 e. The van der Waals surface area contributed by atoms with Gasteiger partial charge < -0.3 is 9.64 Å². The summed E-state index contributed by atoms with van der Waals surface area (Å²) in [6.07, 6.45) is 1.02. The number of rotatable bonds is 1. The summed E-state index contributed by atoms with van der Waals surface area (Å²) >= 11 is 0. The van der Waals surface area contributed by atoms with E-state index in [1.807, 2.05) is 35.2 Å². The lowest BCUT2D eigenvalue weighted by Crippen LogP contribution is -2.35. The summed E-state index contributed by atoms with van der Waals surface area (Å²) in [6.45, 7) is 6.32. The Kier molecular flexibility index (Phi) is 3.19. The third kappa shape index (κ3) is 2.07. The zero-order chi connectivity index (χ0) is 16.1. The van der Waals surface area contributed by atoms with Crippen molar-refractivity contribution >= 4 is 11.6 Å². The van der Waals surface area contributed by atoms with Gasteiger partial charge in [-0.15, -0.1) is 0 Å². The zero-order valence-electron chi connectivity index (χ0n) is 13.7. The minimum atomic E-state index is 0.0422. The van der Waals surface area contributed by atoms with Gasteiger partial charge >= 0.3 is 0 Å². The molecule has 2 aromatic carbocycles. The second-order valence-electron chi connectivity index (χ2n) is 6.69. The van der Waals surface area contributed by atoms with Crippen LogP contribution in [-0.4, -0.2) is 18.1 Å². The van der Waals surface area contributed by atoms with Crippen LogP contribution in [0.3, 0.4) is 0 Å². The molecule has 4 rings (SSSR count). The molecule has 0 fully saturated rings. The summed E-state index contributed by atoms with van der Waals surface area (Å²) in [5.41, 5.74) is 4.09. The Morgan fingerprint density at radius 1 is 1.09 bits per heavy atom. The van der Waals surface area contributed by atoms with Crippen LogP contribution in [0.15, 0.2) is 42.5 Å². The lowest BCUT2D eigenvalue weighted by Gasteiger charge is -2.23. The molecule has 118 valence electrons. The van der Waals surface area contributed by atoms with Crippen molar-refractivity contribution in [2.45, 2.75) is 45.3 Å². The predicted molar refractivity (Wildman–Crippen MR) is 91.4 cm³/mol. The molecule has 0 aromatic heterocycles. The molecule has 0 radical (unpaired) electrons. The molecule has 0 saturated carbocycles. The van der Waals surface area contributed by atoms with Gasteiger partial charge in [0.15, 0.2) is 0 Å². The first kappa shape index (κ1) is 14.3. The van der Waals surface area contributed by atoms with E-state index in [0.717, 1.165) is 23.4 Å². The van der Waals surface area contributed by atoms with Gasteiger partial charge in [-0.1, -0.05) is 37.3 Å². The number of amides is 1. The molecule has 2 heterocycles. The first-order chi connectivity index (χ1) is 11.1. The van der Waals surface area contributed by atoms with E-state index >= 15 is 0 Å². The fraction of sp³-hybridized carbons (Fsp3) is 0.350. The molecule has 2 aliphatic heterocycles. The fourth-order valence-corrected chi connectivity index (χ4v) is 3.76. The lowest BCUT2D eigenvalue weighted by atomic mass is 9.96. The van der Waals surface area contributed by atoms with Gasteiger partial charge in [0, 0.05) is 23.2 Å². The fourth-order valence-electron chi connectivity index (χ4n) is 3.76. The van der Waals surface area contributed by atoms with Crippen molar-refractivity contribution in [2.75, 3.05) is 4.90 Å². The van der Waals surface area contributed by atoms with Crippen LogP contribution in [0.4, 0.5) is 5.69 Å². The Balaban J connectivity index is 1.77.